The minimum absolute atomic E-state index is 0.0350. The van der Waals surface area contributed by atoms with Gasteiger partial charge in [-0.2, -0.15) is 0 Å². The molecule has 0 amide bonds. The van der Waals surface area contributed by atoms with Gasteiger partial charge in [-0.05, 0) is 50.3 Å². The Bertz CT molecular complexity index is 404. The van der Waals surface area contributed by atoms with Crippen LogP contribution in [0.4, 0.5) is 0 Å². The summed E-state index contributed by atoms with van der Waals surface area (Å²) in [5, 5.41) is 23.4. The van der Waals surface area contributed by atoms with Crippen molar-refractivity contribution in [3.63, 3.8) is 0 Å². The first-order valence-corrected chi connectivity index (χ1v) is 7.57. The van der Waals surface area contributed by atoms with Gasteiger partial charge in [0.05, 0.1) is 12.7 Å². The Kier molecular flexibility index (Phi) is 6.66. The second kappa shape index (κ2) is 7.77. The average molecular weight is 279 g/mol. The van der Waals surface area contributed by atoms with Crippen LogP contribution in [0.3, 0.4) is 0 Å². The van der Waals surface area contributed by atoms with E-state index in [4.69, 9.17) is 0 Å². The highest BCUT2D eigenvalue weighted by atomic mass is 16.3. The van der Waals surface area contributed by atoms with Crippen LogP contribution in [0.5, 0.6) is 0 Å². The molecular formula is C17H29NO2. The predicted molar refractivity (Wildman–Crippen MR) is 84.0 cm³/mol. The topological polar surface area (TPSA) is 52.5 Å². The van der Waals surface area contributed by atoms with Crippen molar-refractivity contribution < 1.29 is 10.2 Å². The third-order valence-electron chi connectivity index (χ3n) is 4.02. The van der Waals surface area contributed by atoms with Crippen molar-refractivity contribution in [2.75, 3.05) is 6.61 Å². The maximum atomic E-state index is 10.7. The third-order valence-corrected chi connectivity index (χ3v) is 4.02. The lowest BCUT2D eigenvalue weighted by Gasteiger charge is -2.29. The Labute approximate surface area is 123 Å². The lowest BCUT2D eigenvalue weighted by molar-refractivity contribution is 0.108. The number of nitrogens with one attached hydrogen (secondary N) is 1. The highest BCUT2D eigenvalue weighted by Gasteiger charge is 2.24. The smallest absolute Gasteiger partial charge is 0.0948 e. The highest BCUT2D eigenvalue weighted by Crippen LogP contribution is 2.27. The van der Waals surface area contributed by atoms with Gasteiger partial charge in [0.2, 0.25) is 0 Å². The lowest BCUT2D eigenvalue weighted by atomic mass is 9.90. The summed E-state index contributed by atoms with van der Waals surface area (Å²) < 4.78 is 0. The third kappa shape index (κ3) is 4.05. The summed E-state index contributed by atoms with van der Waals surface area (Å²) in [6.07, 6.45) is 1.14. The van der Waals surface area contributed by atoms with Crippen LogP contribution in [0.1, 0.15) is 55.0 Å². The van der Waals surface area contributed by atoms with Crippen LogP contribution in [-0.4, -0.2) is 28.9 Å². The number of hydrogen-bond acceptors (Lipinski definition) is 3. The van der Waals surface area contributed by atoms with E-state index in [0.717, 1.165) is 29.5 Å². The first kappa shape index (κ1) is 17.2. The summed E-state index contributed by atoms with van der Waals surface area (Å²) in [4.78, 5) is 0. The molecule has 0 bridgehead atoms. The number of benzene rings is 1. The van der Waals surface area contributed by atoms with Crippen molar-refractivity contribution >= 4 is 0 Å². The zero-order valence-electron chi connectivity index (χ0n) is 13.4. The van der Waals surface area contributed by atoms with Crippen LogP contribution >= 0.6 is 0 Å². The molecule has 0 saturated carbocycles. The largest absolute Gasteiger partial charge is 0.395 e. The Hall–Kier alpha value is -0.900. The second-order valence-electron chi connectivity index (χ2n) is 5.73. The zero-order chi connectivity index (χ0) is 15.3. The molecule has 114 valence electrons. The molecule has 3 atom stereocenters. The first-order chi connectivity index (χ1) is 9.44. The molecule has 0 heterocycles. The van der Waals surface area contributed by atoms with Gasteiger partial charge >= 0.3 is 0 Å². The molecule has 1 rings (SSSR count). The van der Waals surface area contributed by atoms with Gasteiger partial charge in [-0.25, -0.2) is 0 Å². The molecule has 0 aliphatic rings. The number of aliphatic hydroxyl groups is 2. The van der Waals surface area contributed by atoms with Gasteiger partial charge in [0.25, 0.3) is 0 Å². The lowest BCUT2D eigenvalue weighted by Crippen LogP contribution is -2.43. The van der Waals surface area contributed by atoms with E-state index in [0.29, 0.717) is 0 Å². The molecule has 0 saturated heterocycles. The molecule has 3 unspecified atom stereocenters. The van der Waals surface area contributed by atoms with Crippen LogP contribution in [0.2, 0.25) is 0 Å². The summed E-state index contributed by atoms with van der Waals surface area (Å²) in [5.41, 5.74) is 4.50. The minimum atomic E-state index is -0.541. The molecular weight excluding hydrogens is 250 g/mol. The normalized spacial score (nSPS) is 15.9. The van der Waals surface area contributed by atoms with Crippen LogP contribution in [-0.2, 0) is 0 Å². The minimum Gasteiger partial charge on any atom is -0.395 e. The van der Waals surface area contributed by atoms with Crippen molar-refractivity contribution in [1.82, 2.24) is 5.32 Å². The SMILES string of the molecule is CCC(CO)NC(CC)C(O)c1c(C)cc(C)cc1C. The van der Waals surface area contributed by atoms with Crippen LogP contribution in [0, 0.1) is 20.8 Å². The van der Waals surface area contributed by atoms with E-state index in [9.17, 15) is 10.2 Å². The number of hydrogen-bond donors (Lipinski definition) is 3. The zero-order valence-corrected chi connectivity index (χ0v) is 13.4. The van der Waals surface area contributed by atoms with Crippen LogP contribution in [0.25, 0.3) is 0 Å². The van der Waals surface area contributed by atoms with Crippen LogP contribution < -0.4 is 5.32 Å². The standard InChI is InChI=1S/C17H29NO2/c1-6-14(10-19)18-15(7-2)17(20)16-12(4)8-11(3)9-13(16)5/h8-9,14-15,17-20H,6-7,10H2,1-5H3. The fourth-order valence-corrected chi connectivity index (χ4v) is 2.89. The highest BCUT2D eigenvalue weighted by molar-refractivity contribution is 5.39. The van der Waals surface area contributed by atoms with E-state index >= 15 is 0 Å². The first-order valence-electron chi connectivity index (χ1n) is 7.57. The average Bonchev–Trinajstić information content (AvgIpc) is 2.38. The molecule has 20 heavy (non-hydrogen) atoms. The van der Waals surface area contributed by atoms with Crippen molar-refractivity contribution in [3.05, 3.63) is 34.4 Å². The molecule has 3 heteroatoms. The molecule has 1 aromatic carbocycles. The molecule has 1 aromatic rings. The van der Waals surface area contributed by atoms with E-state index in [2.05, 4.69) is 45.1 Å². The van der Waals surface area contributed by atoms with Crippen molar-refractivity contribution in [3.8, 4) is 0 Å². The molecule has 0 aliphatic carbocycles. The van der Waals surface area contributed by atoms with E-state index in [1.54, 1.807) is 0 Å². The van der Waals surface area contributed by atoms with E-state index < -0.39 is 6.10 Å². The van der Waals surface area contributed by atoms with E-state index in [-0.39, 0.29) is 18.7 Å². The molecule has 0 aliphatic heterocycles. The number of aliphatic hydroxyl groups excluding tert-OH is 2. The van der Waals surface area contributed by atoms with E-state index in [1.807, 2.05) is 6.92 Å². The van der Waals surface area contributed by atoms with Gasteiger partial charge in [-0.1, -0.05) is 31.5 Å². The van der Waals surface area contributed by atoms with Crippen molar-refractivity contribution in [1.29, 1.82) is 0 Å². The molecule has 0 fully saturated rings. The van der Waals surface area contributed by atoms with Gasteiger partial charge in [0.15, 0.2) is 0 Å². The van der Waals surface area contributed by atoms with Gasteiger partial charge in [0.1, 0.15) is 0 Å². The fraction of sp³-hybridized carbons (Fsp3) is 0.647. The van der Waals surface area contributed by atoms with E-state index in [1.165, 1.54) is 5.56 Å². The maximum absolute atomic E-state index is 10.7. The molecule has 0 radical (unpaired) electrons. The fourth-order valence-electron chi connectivity index (χ4n) is 2.89. The summed E-state index contributed by atoms with van der Waals surface area (Å²) in [6.45, 7) is 10.4. The Balaban J connectivity index is 2.99. The summed E-state index contributed by atoms with van der Waals surface area (Å²) in [6, 6.07) is 4.23. The quantitative estimate of drug-likeness (QED) is 0.719. The van der Waals surface area contributed by atoms with Gasteiger partial charge in [0, 0.05) is 12.1 Å². The summed E-state index contributed by atoms with van der Waals surface area (Å²) >= 11 is 0. The van der Waals surface area contributed by atoms with Gasteiger partial charge in [-0.15, -0.1) is 0 Å². The summed E-state index contributed by atoms with van der Waals surface area (Å²) in [7, 11) is 0. The Morgan fingerprint density at radius 2 is 1.60 bits per heavy atom. The monoisotopic (exact) mass is 279 g/mol. The number of rotatable bonds is 7. The Morgan fingerprint density at radius 3 is 2.00 bits per heavy atom. The van der Waals surface area contributed by atoms with Gasteiger partial charge < -0.3 is 15.5 Å². The van der Waals surface area contributed by atoms with Gasteiger partial charge in [-0.3, -0.25) is 0 Å². The summed E-state index contributed by atoms with van der Waals surface area (Å²) in [5.74, 6) is 0. The molecule has 0 aromatic heterocycles. The second-order valence-corrected chi connectivity index (χ2v) is 5.73. The maximum Gasteiger partial charge on any atom is 0.0948 e. The number of aryl methyl sites for hydroxylation is 3. The van der Waals surface area contributed by atoms with Crippen molar-refractivity contribution in [2.45, 2.75) is 65.6 Å². The molecule has 3 nitrogen and oxygen atoms in total. The molecule has 3 N–H and O–H groups in total. The van der Waals surface area contributed by atoms with Crippen molar-refractivity contribution in [2.24, 2.45) is 0 Å². The van der Waals surface area contributed by atoms with Crippen LogP contribution in [0.15, 0.2) is 12.1 Å². The molecule has 0 spiro atoms. The predicted octanol–water partition coefficient (Wildman–Crippen LogP) is 2.78. The Morgan fingerprint density at radius 1 is 1.05 bits per heavy atom.